The number of carbonyl (C=O) groups is 1. The van der Waals surface area contributed by atoms with Crippen LogP contribution in [0.25, 0.3) is 0 Å². The van der Waals surface area contributed by atoms with E-state index in [-0.39, 0.29) is 5.91 Å². The lowest BCUT2D eigenvalue weighted by Crippen LogP contribution is -2.24. The van der Waals surface area contributed by atoms with Crippen LogP contribution in [0.3, 0.4) is 0 Å². The number of carbonyl (C=O) groups excluding carboxylic acids is 1. The van der Waals surface area contributed by atoms with Gasteiger partial charge in [-0.25, -0.2) is 4.98 Å². The standard InChI is InChI=1S/C23H25N3O2/c1-2-3-14-25-23(27)19-13-15-24-22(16-19)26-20-9-11-21(12-10-20)28-17-18-7-5-4-6-8-18/h4-13,15-16H,2-3,14,17H2,1H3,(H,24,26)(H,25,27). The molecule has 0 atom stereocenters. The molecule has 5 heteroatoms. The summed E-state index contributed by atoms with van der Waals surface area (Å²) >= 11 is 0. The lowest BCUT2D eigenvalue weighted by atomic mass is 10.2. The van der Waals surface area contributed by atoms with E-state index in [0.29, 0.717) is 24.5 Å². The molecule has 0 aliphatic rings. The molecule has 5 nitrogen and oxygen atoms in total. The highest BCUT2D eigenvalue weighted by molar-refractivity contribution is 5.94. The monoisotopic (exact) mass is 375 g/mol. The summed E-state index contributed by atoms with van der Waals surface area (Å²) < 4.78 is 5.80. The molecule has 28 heavy (non-hydrogen) atoms. The minimum absolute atomic E-state index is 0.0800. The van der Waals surface area contributed by atoms with Gasteiger partial charge in [0.1, 0.15) is 18.2 Å². The molecule has 0 unspecified atom stereocenters. The fourth-order valence-electron chi connectivity index (χ4n) is 2.64. The number of nitrogens with one attached hydrogen (secondary N) is 2. The van der Waals surface area contributed by atoms with Crippen LogP contribution in [0.5, 0.6) is 5.75 Å². The van der Waals surface area contributed by atoms with Crippen LogP contribution in [-0.4, -0.2) is 17.4 Å². The summed E-state index contributed by atoms with van der Waals surface area (Å²) in [6, 6.07) is 21.2. The minimum atomic E-state index is -0.0800. The van der Waals surface area contributed by atoms with Crippen molar-refractivity contribution in [1.82, 2.24) is 10.3 Å². The molecule has 0 bridgehead atoms. The number of ether oxygens (including phenoxy) is 1. The predicted molar refractivity (Wildman–Crippen MR) is 112 cm³/mol. The number of pyridine rings is 1. The minimum Gasteiger partial charge on any atom is -0.489 e. The maximum absolute atomic E-state index is 12.2. The van der Waals surface area contributed by atoms with E-state index in [2.05, 4.69) is 22.5 Å². The smallest absolute Gasteiger partial charge is 0.251 e. The molecule has 0 aliphatic carbocycles. The summed E-state index contributed by atoms with van der Waals surface area (Å²) in [4.78, 5) is 16.5. The highest BCUT2D eigenvalue weighted by Crippen LogP contribution is 2.20. The summed E-state index contributed by atoms with van der Waals surface area (Å²) in [6.07, 6.45) is 3.66. The molecule has 144 valence electrons. The van der Waals surface area contributed by atoms with Crippen molar-refractivity contribution >= 4 is 17.4 Å². The molecule has 1 amide bonds. The Morgan fingerprint density at radius 2 is 1.82 bits per heavy atom. The highest BCUT2D eigenvalue weighted by atomic mass is 16.5. The Balaban J connectivity index is 1.56. The van der Waals surface area contributed by atoms with Crippen LogP contribution in [0.2, 0.25) is 0 Å². The number of amides is 1. The average Bonchev–Trinajstić information content (AvgIpc) is 2.74. The molecule has 3 aromatic rings. The summed E-state index contributed by atoms with van der Waals surface area (Å²) in [5.41, 5.74) is 2.60. The summed E-state index contributed by atoms with van der Waals surface area (Å²) in [7, 11) is 0. The molecule has 0 aliphatic heterocycles. The number of rotatable bonds is 9. The third kappa shape index (κ3) is 5.84. The first-order valence-corrected chi connectivity index (χ1v) is 9.52. The van der Waals surface area contributed by atoms with Crippen molar-refractivity contribution in [2.75, 3.05) is 11.9 Å². The number of anilines is 2. The first-order chi connectivity index (χ1) is 13.7. The zero-order chi connectivity index (χ0) is 19.6. The van der Waals surface area contributed by atoms with Gasteiger partial charge in [0.2, 0.25) is 0 Å². The first-order valence-electron chi connectivity index (χ1n) is 9.52. The van der Waals surface area contributed by atoms with Crippen LogP contribution in [0.1, 0.15) is 35.7 Å². The summed E-state index contributed by atoms with van der Waals surface area (Å²) in [6.45, 7) is 3.31. The third-order valence-corrected chi connectivity index (χ3v) is 4.21. The largest absolute Gasteiger partial charge is 0.489 e. The Kier molecular flexibility index (Phi) is 7.01. The van der Waals surface area contributed by atoms with Crippen LogP contribution in [0, 0.1) is 0 Å². The lowest BCUT2D eigenvalue weighted by molar-refractivity contribution is 0.0953. The third-order valence-electron chi connectivity index (χ3n) is 4.21. The van der Waals surface area contributed by atoms with Gasteiger partial charge in [0.15, 0.2) is 0 Å². The lowest BCUT2D eigenvalue weighted by Gasteiger charge is -2.10. The van der Waals surface area contributed by atoms with Crippen molar-refractivity contribution in [3.05, 3.63) is 84.1 Å². The van der Waals surface area contributed by atoms with Gasteiger partial charge in [-0.05, 0) is 48.4 Å². The van der Waals surface area contributed by atoms with E-state index in [0.717, 1.165) is 29.8 Å². The molecule has 0 radical (unpaired) electrons. The van der Waals surface area contributed by atoms with Crippen LogP contribution < -0.4 is 15.4 Å². The number of nitrogens with zero attached hydrogens (tertiary/aromatic N) is 1. The Morgan fingerprint density at radius 1 is 1.04 bits per heavy atom. The van der Waals surface area contributed by atoms with Crippen LogP contribution in [0.15, 0.2) is 72.9 Å². The van der Waals surface area contributed by atoms with Gasteiger partial charge in [-0.15, -0.1) is 0 Å². The number of hydrogen-bond acceptors (Lipinski definition) is 4. The second-order valence-electron chi connectivity index (χ2n) is 6.46. The Bertz CT molecular complexity index is 880. The molecular weight excluding hydrogens is 350 g/mol. The molecular formula is C23H25N3O2. The molecule has 3 rings (SSSR count). The molecule has 1 aromatic heterocycles. The van der Waals surface area contributed by atoms with Gasteiger partial charge in [0.25, 0.3) is 5.91 Å². The molecule has 0 fully saturated rings. The molecule has 1 heterocycles. The van der Waals surface area contributed by atoms with Crippen molar-refractivity contribution in [1.29, 1.82) is 0 Å². The number of benzene rings is 2. The second kappa shape index (κ2) is 10.1. The fourth-order valence-corrected chi connectivity index (χ4v) is 2.64. The van der Waals surface area contributed by atoms with E-state index in [4.69, 9.17) is 4.74 Å². The van der Waals surface area contributed by atoms with E-state index in [1.165, 1.54) is 0 Å². The summed E-state index contributed by atoms with van der Waals surface area (Å²) in [5.74, 6) is 1.34. The van der Waals surface area contributed by atoms with Gasteiger partial charge < -0.3 is 15.4 Å². The quantitative estimate of drug-likeness (QED) is 0.520. The molecule has 0 spiro atoms. The normalized spacial score (nSPS) is 10.3. The Morgan fingerprint density at radius 3 is 2.57 bits per heavy atom. The summed E-state index contributed by atoms with van der Waals surface area (Å²) in [5, 5.41) is 6.14. The van der Waals surface area contributed by atoms with Gasteiger partial charge in [0.05, 0.1) is 0 Å². The number of aromatic nitrogens is 1. The molecule has 0 saturated carbocycles. The van der Waals surface area contributed by atoms with Crippen LogP contribution >= 0.6 is 0 Å². The van der Waals surface area contributed by atoms with Crippen molar-refractivity contribution in [2.45, 2.75) is 26.4 Å². The van der Waals surface area contributed by atoms with Crippen molar-refractivity contribution in [2.24, 2.45) is 0 Å². The van der Waals surface area contributed by atoms with Gasteiger partial charge in [0, 0.05) is 24.0 Å². The number of unbranched alkanes of at least 4 members (excludes halogenated alkanes) is 1. The Labute approximate surface area is 165 Å². The molecule has 0 saturated heterocycles. The molecule has 2 N–H and O–H groups in total. The number of hydrogen-bond donors (Lipinski definition) is 2. The topological polar surface area (TPSA) is 63.2 Å². The van der Waals surface area contributed by atoms with E-state index in [1.54, 1.807) is 18.3 Å². The highest BCUT2D eigenvalue weighted by Gasteiger charge is 2.06. The van der Waals surface area contributed by atoms with Gasteiger partial charge in [-0.3, -0.25) is 4.79 Å². The maximum Gasteiger partial charge on any atom is 0.251 e. The van der Waals surface area contributed by atoms with E-state index in [9.17, 15) is 4.79 Å². The van der Waals surface area contributed by atoms with Crippen molar-refractivity contribution in [3.8, 4) is 5.75 Å². The van der Waals surface area contributed by atoms with E-state index >= 15 is 0 Å². The maximum atomic E-state index is 12.2. The van der Waals surface area contributed by atoms with E-state index in [1.807, 2.05) is 54.6 Å². The second-order valence-corrected chi connectivity index (χ2v) is 6.46. The van der Waals surface area contributed by atoms with Gasteiger partial charge in [-0.2, -0.15) is 0 Å². The zero-order valence-corrected chi connectivity index (χ0v) is 16.0. The van der Waals surface area contributed by atoms with Gasteiger partial charge >= 0.3 is 0 Å². The van der Waals surface area contributed by atoms with Crippen LogP contribution in [-0.2, 0) is 6.61 Å². The fraction of sp³-hybridized carbons (Fsp3) is 0.217. The predicted octanol–water partition coefficient (Wildman–Crippen LogP) is 4.93. The van der Waals surface area contributed by atoms with E-state index < -0.39 is 0 Å². The Hall–Kier alpha value is -3.34. The van der Waals surface area contributed by atoms with Crippen molar-refractivity contribution < 1.29 is 9.53 Å². The van der Waals surface area contributed by atoms with Gasteiger partial charge in [-0.1, -0.05) is 43.7 Å². The molecule has 2 aromatic carbocycles. The van der Waals surface area contributed by atoms with Crippen LogP contribution in [0.4, 0.5) is 11.5 Å². The average molecular weight is 375 g/mol. The van der Waals surface area contributed by atoms with Crippen molar-refractivity contribution in [3.63, 3.8) is 0 Å². The first kappa shape index (κ1) is 19.4. The SMILES string of the molecule is CCCCNC(=O)c1ccnc(Nc2ccc(OCc3ccccc3)cc2)c1. The zero-order valence-electron chi connectivity index (χ0n) is 16.0.